The Morgan fingerprint density at radius 2 is 1.94 bits per heavy atom. The van der Waals surface area contributed by atoms with E-state index in [9.17, 15) is 0 Å². The van der Waals surface area contributed by atoms with Gasteiger partial charge in [-0.1, -0.05) is 27.7 Å². The van der Waals surface area contributed by atoms with Gasteiger partial charge in [-0.05, 0) is 44.6 Å². The van der Waals surface area contributed by atoms with Crippen molar-refractivity contribution >= 4 is 0 Å². The Hall–Kier alpha value is -0.0800. The van der Waals surface area contributed by atoms with E-state index in [1.54, 1.807) is 0 Å². The number of nitrogens with zero attached hydrogens (tertiary/aromatic N) is 1. The van der Waals surface area contributed by atoms with Gasteiger partial charge in [0, 0.05) is 18.1 Å². The van der Waals surface area contributed by atoms with E-state index < -0.39 is 0 Å². The summed E-state index contributed by atoms with van der Waals surface area (Å²) < 4.78 is 0. The van der Waals surface area contributed by atoms with Crippen molar-refractivity contribution < 1.29 is 0 Å². The lowest BCUT2D eigenvalue weighted by Crippen LogP contribution is -2.55. The SMILES string of the molecule is CC(C)CC(C)(CN)N1CCCC1C(C)C. The molecular formula is C14H30N2. The fourth-order valence-corrected chi connectivity index (χ4v) is 3.35. The van der Waals surface area contributed by atoms with E-state index in [1.165, 1.54) is 25.8 Å². The summed E-state index contributed by atoms with van der Waals surface area (Å²) in [5, 5.41) is 0. The van der Waals surface area contributed by atoms with Crippen LogP contribution in [0.5, 0.6) is 0 Å². The van der Waals surface area contributed by atoms with Crippen LogP contribution in [-0.2, 0) is 0 Å². The Bertz CT molecular complexity index is 213. The third-order valence-electron chi connectivity index (χ3n) is 4.05. The quantitative estimate of drug-likeness (QED) is 0.781. The molecule has 2 heteroatoms. The minimum atomic E-state index is 0.208. The monoisotopic (exact) mass is 226 g/mol. The number of hydrogen-bond donors (Lipinski definition) is 1. The van der Waals surface area contributed by atoms with Gasteiger partial charge in [-0.25, -0.2) is 0 Å². The second-order valence-corrected chi connectivity index (χ2v) is 6.45. The van der Waals surface area contributed by atoms with Gasteiger partial charge in [-0.2, -0.15) is 0 Å². The van der Waals surface area contributed by atoms with Crippen molar-refractivity contribution in [3.8, 4) is 0 Å². The van der Waals surface area contributed by atoms with Gasteiger partial charge in [-0.15, -0.1) is 0 Å². The van der Waals surface area contributed by atoms with Gasteiger partial charge >= 0.3 is 0 Å². The minimum absolute atomic E-state index is 0.208. The van der Waals surface area contributed by atoms with Crippen molar-refractivity contribution in [3.05, 3.63) is 0 Å². The molecule has 1 aliphatic rings. The van der Waals surface area contributed by atoms with E-state index in [2.05, 4.69) is 39.5 Å². The zero-order valence-corrected chi connectivity index (χ0v) is 11.8. The molecule has 2 unspecified atom stereocenters. The molecule has 0 radical (unpaired) electrons. The lowest BCUT2D eigenvalue weighted by atomic mass is 9.87. The summed E-state index contributed by atoms with van der Waals surface area (Å²) in [5.74, 6) is 1.47. The minimum Gasteiger partial charge on any atom is -0.329 e. The molecule has 1 rings (SSSR count). The average molecular weight is 226 g/mol. The second-order valence-electron chi connectivity index (χ2n) is 6.45. The van der Waals surface area contributed by atoms with Crippen LogP contribution in [0.3, 0.4) is 0 Å². The van der Waals surface area contributed by atoms with Crippen molar-refractivity contribution in [3.63, 3.8) is 0 Å². The van der Waals surface area contributed by atoms with Crippen molar-refractivity contribution in [2.45, 2.75) is 65.5 Å². The van der Waals surface area contributed by atoms with E-state index in [1.807, 2.05) is 0 Å². The topological polar surface area (TPSA) is 29.3 Å². The fraction of sp³-hybridized carbons (Fsp3) is 1.00. The Kier molecular flexibility index (Phi) is 4.81. The molecule has 0 aromatic rings. The highest BCUT2D eigenvalue weighted by atomic mass is 15.2. The first-order valence-corrected chi connectivity index (χ1v) is 6.87. The molecule has 0 aromatic heterocycles. The third kappa shape index (κ3) is 2.98. The Balaban J connectivity index is 2.78. The van der Waals surface area contributed by atoms with Crippen LogP contribution >= 0.6 is 0 Å². The molecule has 0 amide bonds. The molecule has 0 aliphatic carbocycles. The lowest BCUT2D eigenvalue weighted by molar-refractivity contribution is 0.0569. The van der Waals surface area contributed by atoms with E-state index in [4.69, 9.17) is 5.73 Å². The largest absolute Gasteiger partial charge is 0.329 e. The van der Waals surface area contributed by atoms with Crippen molar-refractivity contribution in [1.29, 1.82) is 0 Å². The van der Waals surface area contributed by atoms with Gasteiger partial charge < -0.3 is 5.73 Å². The van der Waals surface area contributed by atoms with Crippen LogP contribution in [0.1, 0.15) is 53.9 Å². The van der Waals surface area contributed by atoms with Crippen molar-refractivity contribution in [2.24, 2.45) is 17.6 Å². The van der Waals surface area contributed by atoms with Gasteiger partial charge in [0.1, 0.15) is 0 Å². The predicted molar refractivity (Wildman–Crippen MR) is 71.5 cm³/mol. The molecule has 16 heavy (non-hydrogen) atoms. The van der Waals surface area contributed by atoms with Gasteiger partial charge in [0.05, 0.1) is 0 Å². The van der Waals surface area contributed by atoms with E-state index in [0.717, 1.165) is 24.4 Å². The molecule has 1 aliphatic heterocycles. The van der Waals surface area contributed by atoms with E-state index >= 15 is 0 Å². The Labute approximate surface area is 102 Å². The summed E-state index contributed by atoms with van der Waals surface area (Å²) in [7, 11) is 0. The van der Waals surface area contributed by atoms with Crippen LogP contribution in [0.2, 0.25) is 0 Å². The van der Waals surface area contributed by atoms with Crippen LogP contribution in [0.4, 0.5) is 0 Å². The normalized spacial score (nSPS) is 26.6. The predicted octanol–water partition coefficient (Wildman–Crippen LogP) is 2.87. The Morgan fingerprint density at radius 1 is 1.31 bits per heavy atom. The molecule has 1 fully saturated rings. The van der Waals surface area contributed by atoms with Gasteiger partial charge in [0.25, 0.3) is 0 Å². The molecule has 0 saturated carbocycles. The average Bonchev–Trinajstić information content (AvgIpc) is 2.65. The van der Waals surface area contributed by atoms with Crippen LogP contribution < -0.4 is 5.73 Å². The molecule has 2 nitrogen and oxygen atoms in total. The molecule has 1 saturated heterocycles. The molecular weight excluding hydrogens is 196 g/mol. The molecule has 0 bridgehead atoms. The van der Waals surface area contributed by atoms with Crippen LogP contribution in [0.15, 0.2) is 0 Å². The highest BCUT2D eigenvalue weighted by Crippen LogP contribution is 2.34. The van der Waals surface area contributed by atoms with Crippen LogP contribution in [0, 0.1) is 11.8 Å². The van der Waals surface area contributed by atoms with Crippen molar-refractivity contribution in [2.75, 3.05) is 13.1 Å². The smallest absolute Gasteiger partial charge is 0.0309 e. The summed E-state index contributed by atoms with van der Waals surface area (Å²) in [4.78, 5) is 2.69. The van der Waals surface area contributed by atoms with Crippen molar-refractivity contribution in [1.82, 2.24) is 4.90 Å². The fourth-order valence-electron chi connectivity index (χ4n) is 3.35. The highest BCUT2D eigenvalue weighted by molar-refractivity contribution is 4.96. The van der Waals surface area contributed by atoms with E-state index in [0.29, 0.717) is 0 Å². The Morgan fingerprint density at radius 3 is 2.38 bits per heavy atom. The third-order valence-corrected chi connectivity index (χ3v) is 4.05. The molecule has 2 N–H and O–H groups in total. The first kappa shape index (κ1) is 14.0. The first-order chi connectivity index (χ1) is 7.40. The maximum absolute atomic E-state index is 6.06. The number of rotatable bonds is 5. The lowest BCUT2D eigenvalue weighted by Gasteiger charge is -2.44. The standard InChI is InChI=1S/C14H30N2/c1-11(2)9-14(5,10-15)16-8-6-7-13(16)12(3)4/h11-13H,6-10,15H2,1-5H3. The van der Waals surface area contributed by atoms with Crippen LogP contribution in [-0.4, -0.2) is 29.6 Å². The summed E-state index contributed by atoms with van der Waals surface area (Å²) >= 11 is 0. The zero-order valence-electron chi connectivity index (χ0n) is 11.8. The zero-order chi connectivity index (χ0) is 12.3. The van der Waals surface area contributed by atoms with E-state index in [-0.39, 0.29) is 5.54 Å². The maximum atomic E-state index is 6.06. The maximum Gasteiger partial charge on any atom is 0.0309 e. The summed E-state index contributed by atoms with van der Waals surface area (Å²) in [6.07, 6.45) is 3.91. The second kappa shape index (κ2) is 5.50. The molecule has 96 valence electrons. The molecule has 2 atom stereocenters. The molecule has 0 aromatic carbocycles. The molecule has 0 spiro atoms. The summed E-state index contributed by atoms with van der Waals surface area (Å²) in [6.45, 7) is 13.7. The summed E-state index contributed by atoms with van der Waals surface area (Å²) in [6, 6.07) is 0.743. The van der Waals surface area contributed by atoms with Gasteiger partial charge in [0.15, 0.2) is 0 Å². The number of nitrogens with two attached hydrogens (primary N) is 1. The summed E-state index contributed by atoms with van der Waals surface area (Å²) in [5.41, 5.74) is 6.26. The molecule has 1 heterocycles. The number of likely N-dealkylation sites (tertiary alicyclic amines) is 1. The number of hydrogen-bond acceptors (Lipinski definition) is 2. The van der Waals surface area contributed by atoms with Gasteiger partial charge in [0.2, 0.25) is 0 Å². The van der Waals surface area contributed by atoms with Gasteiger partial charge in [-0.3, -0.25) is 4.90 Å². The highest BCUT2D eigenvalue weighted by Gasteiger charge is 2.39. The van der Waals surface area contributed by atoms with Crippen LogP contribution in [0.25, 0.3) is 0 Å². The first-order valence-electron chi connectivity index (χ1n) is 6.87.